The molecular weight excluding hydrogens is 354 g/mol. The number of aromatic nitrogens is 4. The summed E-state index contributed by atoms with van der Waals surface area (Å²) < 4.78 is 6.29. The highest BCUT2D eigenvalue weighted by Gasteiger charge is 2.28. The van der Waals surface area contributed by atoms with Crippen molar-refractivity contribution in [2.75, 3.05) is 11.9 Å². The first kappa shape index (κ1) is 14.6. The Morgan fingerprint density at radius 1 is 1.27 bits per heavy atom. The van der Waals surface area contributed by atoms with Crippen molar-refractivity contribution in [1.29, 1.82) is 0 Å². The normalized spacial score (nSPS) is 14.4. The standard InChI is InChI=1S/C13H13N5S4/c1-2-9(19-7-1)5-6-14-11-16-17-13(20-11)21-12-15-10(18-22-12)8-3-4-8/h1-2,7-8H,3-6H2,(H,14,16). The molecule has 114 valence electrons. The van der Waals surface area contributed by atoms with Gasteiger partial charge in [0.25, 0.3) is 0 Å². The van der Waals surface area contributed by atoms with Crippen LogP contribution in [0.15, 0.2) is 26.2 Å². The van der Waals surface area contributed by atoms with Gasteiger partial charge in [-0.25, -0.2) is 4.98 Å². The van der Waals surface area contributed by atoms with Crippen LogP contribution in [-0.4, -0.2) is 26.1 Å². The van der Waals surface area contributed by atoms with Crippen molar-refractivity contribution in [2.24, 2.45) is 0 Å². The number of rotatable bonds is 7. The van der Waals surface area contributed by atoms with Crippen LogP contribution in [-0.2, 0) is 6.42 Å². The van der Waals surface area contributed by atoms with Crippen LogP contribution >= 0.6 is 46.0 Å². The molecule has 0 spiro atoms. The van der Waals surface area contributed by atoms with E-state index in [1.807, 2.05) is 0 Å². The topological polar surface area (TPSA) is 63.6 Å². The zero-order valence-electron chi connectivity index (χ0n) is 11.6. The summed E-state index contributed by atoms with van der Waals surface area (Å²) in [6.07, 6.45) is 3.48. The van der Waals surface area contributed by atoms with E-state index in [0.717, 1.165) is 32.6 Å². The van der Waals surface area contributed by atoms with E-state index in [1.54, 1.807) is 34.4 Å². The summed E-state index contributed by atoms with van der Waals surface area (Å²) >= 11 is 6.37. The van der Waals surface area contributed by atoms with Crippen LogP contribution in [0.4, 0.5) is 5.13 Å². The Labute approximate surface area is 144 Å². The molecule has 0 radical (unpaired) electrons. The second-order valence-electron chi connectivity index (χ2n) is 4.92. The van der Waals surface area contributed by atoms with Gasteiger partial charge in [0.2, 0.25) is 5.13 Å². The van der Waals surface area contributed by atoms with E-state index in [0.29, 0.717) is 5.92 Å². The lowest BCUT2D eigenvalue weighted by Gasteiger charge is -1.98. The summed E-state index contributed by atoms with van der Waals surface area (Å²) in [7, 11) is 0. The van der Waals surface area contributed by atoms with Gasteiger partial charge in [-0.3, -0.25) is 0 Å². The Kier molecular flexibility index (Phi) is 4.37. The van der Waals surface area contributed by atoms with E-state index in [1.165, 1.54) is 29.3 Å². The number of hydrogen-bond donors (Lipinski definition) is 1. The van der Waals surface area contributed by atoms with Crippen molar-refractivity contribution in [3.8, 4) is 0 Å². The van der Waals surface area contributed by atoms with Gasteiger partial charge < -0.3 is 5.32 Å². The Hall–Kier alpha value is -1.03. The minimum absolute atomic E-state index is 0.606. The Balaban J connectivity index is 1.30. The molecule has 5 nitrogen and oxygen atoms in total. The molecule has 3 aromatic rings. The first-order valence-corrected chi connectivity index (χ1v) is 10.3. The zero-order chi connectivity index (χ0) is 14.8. The maximum atomic E-state index is 4.56. The molecule has 1 fully saturated rings. The molecule has 0 unspecified atom stereocenters. The van der Waals surface area contributed by atoms with E-state index < -0.39 is 0 Å². The summed E-state index contributed by atoms with van der Waals surface area (Å²) in [5, 5.41) is 14.7. The molecule has 0 amide bonds. The molecule has 1 aliphatic carbocycles. The van der Waals surface area contributed by atoms with Crippen LogP contribution in [0.1, 0.15) is 29.5 Å². The molecule has 3 heterocycles. The number of thiophene rings is 1. The zero-order valence-corrected chi connectivity index (χ0v) is 14.8. The molecule has 1 saturated carbocycles. The van der Waals surface area contributed by atoms with Crippen LogP contribution in [0.25, 0.3) is 0 Å². The fraction of sp³-hybridized carbons (Fsp3) is 0.385. The van der Waals surface area contributed by atoms with Crippen LogP contribution in [0.2, 0.25) is 0 Å². The highest BCUT2D eigenvalue weighted by Crippen LogP contribution is 2.41. The van der Waals surface area contributed by atoms with Gasteiger partial charge in [-0.05, 0) is 54.0 Å². The van der Waals surface area contributed by atoms with Crippen LogP contribution in [0, 0.1) is 0 Å². The second kappa shape index (κ2) is 6.61. The van der Waals surface area contributed by atoms with Gasteiger partial charge in [-0.1, -0.05) is 17.4 Å². The third kappa shape index (κ3) is 3.65. The largest absolute Gasteiger partial charge is 0.360 e. The fourth-order valence-corrected chi connectivity index (χ4v) is 5.29. The fourth-order valence-electron chi connectivity index (χ4n) is 1.91. The van der Waals surface area contributed by atoms with Gasteiger partial charge in [0.05, 0.1) is 0 Å². The molecule has 0 saturated heterocycles. The number of nitrogens with zero attached hydrogens (tertiary/aromatic N) is 4. The van der Waals surface area contributed by atoms with Crippen molar-refractivity contribution >= 4 is 51.1 Å². The molecule has 22 heavy (non-hydrogen) atoms. The molecule has 1 aliphatic rings. The van der Waals surface area contributed by atoms with Gasteiger partial charge in [-0.15, -0.1) is 21.5 Å². The van der Waals surface area contributed by atoms with Gasteiger partial charge in [-0.2, -0.15) is 4.37 Å². The monoisotopic (exact) mass is 367 g/mol. The smallest absolute Gasteiger partial charge is 0.206 e. The van der Waals surface area contributed by atoms with Crippen molar-refractivity contribution < 1.29 is 0 Å². The number of hydrogen-bond acceptors (Lipinski definition) is 9. The van der Waals surface area contributed by atoms with E-state index in [9.17, 15) is 0 Å². The molecule has 0 atom stereocenters. The Morgan fingerprint density at radius 3 is 3.05 bits per heavy atom. The highest BCUT2D eigenvalue weighted by atomic mass is 32.2. The summed E-state index contributed by atoms with van der Waals surface area (Å²) in [5.41, 5.74) is 0. The first-order valence-electron chi connectivity index (χ1n) is 6.98. The van der Waals surface area contributed by atoms with Gasteiger partial charge in [0, 0.05) is 17.3 Å². The quantitative estimate of drug-likeness (QED) is 0.677. The van der Waals surface area contributed by atoms with E-state index in [4.69, 9.17) is 0 Å². The Bertz CT molecular complexity index is 731. The number of anilines is 1. The lowest BCUT2D eigenvalue weighted by molar-refractivity contribution is 0.954. The SMILES string of the molecule is c1csc(CCNc2nnc(Sc3nc(C4CC4)ns3)s2)c1. The average Bonchev–Trinajstić information content (AvgIpc) is 2.95. The molecular formula is C13H13N5S4. The van der Waals surface area contributed by atoms with Crippen LogP contribution < -0.4 is 5.32 Å². The molecule has 4 rings (SSSR count). The summed E-state index contributed by atoms with van der Waals surface area (Å²) in [6.45, 7) is 0.879. The van der Waals surface area contributed by atoms with Crippen molar-refractivity contribution in [3.63, 3.8) is 0 Å². The predicted octanol–water partition coefficient (Wildman–Crippen LogP) is 4.13. The molecule has 0 aromatic carbocycles. The molecule has 0 bridgehead atoms. The third-order valence-electron chi connectivity index (χ3n) is 3.17. The van der Waals surface area contributed by atoms with Crippen molar-refractivity contribution in [3.05, 3.63) is 28.2 Å². The van der Waals surface area contributed by atoms with E-state index >= 15 is 0 Å². The van der Waals surface area contributed by atoms with Crippen molar-refractivity contribution in [1.82, 2.24) is 19.6 Å². The third-order valence-corrected chi connectivity index (χ3v) is 6.81. The number of nitrogens with one attached hydrogen (secondary N) is 1. The summed E-state index contributed by atoms with van der Waals surface area (Å²) in [6, 6.07) is 4.23. The molecule has 3 aromatic heterocycles. The molecule has 9 heteroatoms. The van der Waals surface area contributed by atoms with Crippen LogP contribution in [0.3, 0.4) is 0 Å². The van der Waals surface area contributed by atoms with E-state index in [-0.39, 0.29) is 0 Å². The summed E-state index contributed by atoms with van der Waals surface area (Å²) in [5.74, 6) is 1.61. The van der Waals surface area contributed by atoms with Crippen LogP contribution in [0.5, 0.6) is 0 Å². The maximum absolute atomic E-state index is 4.56. The van der Waals surface area contributed by atoms with Gasteiger partial charge in [0.15, 0.2) is 8.68 Å². The minimum Gasteiger partial charge on any atom is -0.360 e. The van der Waals surface area contributed by atoms with Crippen molar-refractivity contribution in [2.45, 2.75) is 33.9 Å². The van der Waals surface area contributed by atoms with E-state index in [2.05, 4.69) is 42.4 Å². The molecule has 0 aliphatic heterocycles. The first-order chi connectivity index (χ1) is 10.9. The van der Waals surface area contributed by atoms with Gasteiger partial charge >= 0.3 is 0 Å². The Morgan fingerprint density at radius 2 is 2.23 bits per heavy atom. The van der Waals surface area contributed by atoms with Gasteiger partial charge in [0.1, 0.15) is 5.82 Å². The minimum atomic E-state index is 0.606. The second-order valence-corrected chi connectivity index (χ2v) is 9.18. The highest BCUT2D eigenvalue weighted by molar-refractivity contribution is 8.02. The lowest BCUT2D eigenvalue weighted by Crippen LogP contribution is -2.03. The molecule has 1 N–H and O–H groups in total. The predicted molar refractivity (Wildman–Crippen MR) is 92.4 cm³/mol. The summed E-state index contributed by atoms with van der Waals surface area (Å²) in [4.78, 5) is 5.95. The lowest BCUT2D eigenvalue weighted by atomic mass is 10.3. The maximum Gasteiger partial charge on any atom is 0.206 e. The average molecular weight is 368 g/mol.